The molecule has 2 saturated heterocycles. The zero-order chi connectivity index (χ0) is 38.9. The molecule has 6 rings (SSSR count). The lowest BCUT2D eigenvalue weighted by Crippen LogP contribution is -2.60. The Morgan fingerprint density at radius 1 is 0.636 bits per heavy atom. The summed E-state index contributed by atoms with van der Waals surface area (Å²) < 4.78 is 0. The number of carbonyl (C=O) groups is 4. The van der Waals surface area contributed by atoms with Crippen LogP contribution in [0.3, 0.4) is 0 Å². The van der Waals surface area contributed by atoms with Crippen LogP contribution in [0.1, 0.15) is 41.0 Å². The van der Waals surface area contributed by atoms with Gasteiger partial charge in [-0.2, -0.15) is 0 Å². The molecule has 4 amide bonds. The van der Waals surface area contributed by atoms with Crippen molar-refractivity contribution >= 4 is 88.3 Å². The van der Waals surface area contributed by atoms with Crippen LogP contribution in [0.2, 0.25) is 0 Å². The third kappa shape index (κ3) is 9.95. The Balaban J connectivity index is 1.01. The molecule has 4 N–H and O–H groups in total. The number of benzene rings is 4. The molecule has 0 radical (unpaired) electrons. The van der Waals surface area contributed by atoms with E-state index in [0.29, 0.717) is 74.1 Å². The smallest absolute Gasteiger partial charge is 0.254 e. The highest BCUT2D eigenvalue weighted by Gasteiger charge is 2.36. The lowest BCUT2D eigenvalue weighted by Gasteiger charge is -2.42. The Morgan fingerprint density at radius 2 is 1.13 bits per heavy atom. The minimum atomic E-state index is -0.682. The molecule has 10 nitrogen and oxygen atoms in total. The van der Waals surface area contributed by atoms with E-state index < -0.39 is 12.1 Å². The van der Waals surface area contributed by atoms with Crippen molar-refractivity contribution in [2.45, 2.75) is 44.4 Å². The summed E-state index contributed by atoms with van der Waals surface area (Å²) in [5.41, 5.74) is 14.2. The van der Waals surface area contributed by atoms with Crippen LogP contribution >= 0.6 is 43.2 Å². The first-order valence-electron chi connectivity index (χ1n) is 18.8. The van der Waals surface area contributed by atoms with E-state index in [4.69, 9.17) is 11.5 Å². The molecule has 4 aromatic rings. The van der Waals surface area contributed by atoms with Crippen molar-refractivity contribution in [3.63, 3.8) is 0 Å². The molecule has 55 heavy (non-hydrogen) atoms. The maximum Gasteiger partial charge on any atom is 0.254 e. The molecule has 14 heteroatoms. The molecular weight excluding hydrogens is 769 g/mol. The van der Waals surface area contributed by atoms with Crippen LogP contribution in [0.15, 0.2) is 84.9 Å². The van der Waals surface area contributed by atoms with Crippen LogP contribution in [-0.4, -0.2) is 130 Å². The van der Waals surface area contributed by atoms with Crippen LogP contribution in [0.5, 0.6) is 0 Å². The molecule has 292 valence electrons. The van der Waals surface area contributed by atoms with Crippen LogP contribution in [-0.2, 0) is 9.59 Å². The van der Waals surface area contributed by atoms with Crippen molar-refractivity contribution in [3.05, 3.63) is 96.1 Å². The Bertz CT molecular complexity index is 1980. The first-order chi connectivity index (χ1) is 26.7. The van der Waals surface area contributed by atoms with Crippen molar-refractivity contribution in [2.75, 3.05) is 62.3 Å². The second kappa shape index (κ2) is 19.6. The van der Waals surface area contributed by atoms with Gasteiger partial charge in [0.25, 0.3) is 11.8 Å². The van der Waals surface area contributed by atoms with Gasteiger partial charge in [0.05, 0.1) is 18.1 Å². The summed E-state index contributed by atoms with van der Waals surface area (Å²) in [7, 11) is 6.47. The SMILES string of the molecule is CCSSC[C@H](N)C(=O)N1CCN(C(=O)c2cccc3ccccc23)C[C@@H]1CCSSC[C@H](N)C(=O)N1CCN(C(=O)c2cccc3ccccc23)C[C@@H]1C. The molecule has 0 aromatic heterocycles. The Labute approximate surface area is 339 Å². The lowest BCUT2D eigenvalue weighted by atomic mass is 10.0. The first kappa shape index (κ1) is 41.2. The molecule has 0 aliphatic carbocycles. The van der Waals surface area contributed by atoms with E-state index in [9.17, 15) is 19.2 Å². The quantitative estimate of drug-likeness (QED) is 0.118. The molecule has 0 unspecified atom stereocenters. The highest BCUT2D eigenvalue weighted by Crippen LogP contribution is 2.29. The average molecular weight is 819 g/mol. The molecule has 2 fully saturated rings. The second-order valence-electron chi connectivity index (χ2n) is 13.9. The van der Waals surface area contributed by atoms with Crippen LogP contribution < -0.4 is 11.5 Å². The van der Waals surface area contributed by atoms with Gasteiger partial charge < -0.3 is 31.1 Å². The highest BCUT2D eigenvalue weighted by molar-refractivity contribution is 8.77. The molecule has 0 spiro atoms. The number of nitrogens with two attached hydrogens (primary N) is 2. The van der Waals surface area contributed by atoms with E-state index in [-0.39, 0.29) is 35.7 Å². The summed E-state index contributed by atoms with van der Waals surface area (Å²) >= 11 is 0. The van der Waals surface area contributed by atoms with Gasteiger partial charge in [0.2, 0.25) is 11.8 Å². The number of hydrogen-bond acceptors (Lipinski definition) is 10. The van der Waals surface area contributed by atoms with Crippen LogP contribution in [0.25, 0.3) is 21.5 Å². The first-order valence-corrected chi connectivity index (χ1v) is 23.8. The molecular formula is C41H50N6O4S4. The number of amides is 4. The van der Waals surface area contributed by atoms with Gasteiger partial charge in [0, 0.05) is 79.4 Å². The van der Waals surface area contributed by atoms with Crippen molar-refractivity contribution in [1.82, 2.24) is 19.6 Å². The van der Waals surface area contributed by atoms with Gasteiger partial charge in [-0.15, -0.1) is 0 Å². The van der Waals surface area contributed by atoms with E-state index in [1.54, 1.807) is 48.1 Å². The molecule has 0 saturated carbocycles. The normalized spacial score (nSPS) is 18.8. The molecule has 2 heterocycles. The van der Waals surface area contributed by atoms with E-state index in [0.717, 1.165) is 27.3 Å². The molecule has 2 aliphatic heterocycles. The third-order valence-corrected chi connectivity index (χ3v) is 15.2. The fourth-order valence-corrected chi connectivity index (χ4v) is 11.4. The monoisotopic (exact) mass is 818 g/mol. The van der Waals surface area contributed by atoms with Crippen molar-refractivity contribution < 1.29 is 19.2 Å². The maximum absolute atomic E-state index is 13.9. The topological polar surface area (TPSA) is 133 Å². The summed E-state index contributed by atoms with van der Waals surface area (Å²) in [5.74, 6) is 2.36. The van der Waals surface area contributed by atoms with Gasteiger partial charge >= 0.3 is 0 Å². The zero-order valence-corrected chi connectivity index (χ0v) is 34.6. The molecule has 4 aromatic carbocycles. The van der Waals surface area contributed by atoms with Crippen LogP contribution in [0.4, 0.5) is 0 Å². The standard InChI is InChI=1S/C41H50N6O4S4/c1-3-52-54-26-37(43)41(51)47-22-20-45(39(49)35-17-9-13-30-11-5-7-15-33(30)35)25-31(47)18-23-53-55-27-36(42)40(50)46-21-19-44(24-28(46)2)38(48)34-16-8-12-29-10-4-6-14-32(29)34/h4-17,28,31,36-37H,3,18-27,42-43H2,1-2H3/t28-,31-,36-,37-/m0/s1. The summed E-state index contributed by atoms with van der Waals surface area (Å²) in [6.45, 7) is 6.65. The fraction of sp³-hybridized carbons (Fsp3) is 0.415. The van der Waals surface area contributed by atoms with Gasteiger partial charge in [0.15, 0.2) is 0 Å². The Hall–Kier alpha value is -3.40. The second-order valence-corrected chi connectivity index (χ2v) is 19.3. The summed E-state index contributed by atoms with van der Waals surface area (Å²) in [6, 6.07) is 25.7. The molecule has 4 atom stereocenters. The van der Waals surface area contributed by atoms with E-state index >= 15 is 0 Å². The van der Waals surface area contributed by atoms with Crippen molar-refractivity contribution in [3.8, 4) is 0 Å². The minimum Gasteiger partial charge on any atom is -0.335 e. The Morgan fingerprint density at radius 3 is 1.69 bits per heavy atom. The number of fused-ring (bicyclic) bond motifs is 2. The van der Waals surface area contributed by atoms with E-state index in [1.807, 2.05) is 107 Å². The highest BCUT2D eigenvalue weighted by atomic mass is 33.1. The number of rotatable bonds is 14. The van der Waals surface area contributed by atoms with Crippen LogP contribution in [0, 0.1) is 0 Å². The number of nitrogens with zero attached hydrogens (tertiary/aromatic N) is 4. The number of hydrogen-bond donors (Lipinski definition) is 2. The van der Waals surface area contributed by atoms with Gasteiger partial charge in [-0.25, -0.2) is 0 Å². The number of carbonyl (C=O) groups excluding carboxylic acids is 4. The van der Waals surface area contributed by atoms with E-state index in [1.165, 1.54) is 0 Å². The summed E-state index contributed by atoms with van der Waals surface area (Å²) in [6.07, 6.45) is 0.666. The maximum atomic E-state index is 13.9. The van der Waals surface area contributed by atoms with Crippen molar-refractivity contribution in [1.29, 1.82) is 0 Å². The predicted molar refractivity (Wildman–Crippen MR) is 232 cm³/mol. The van der Waals surface area contributed by atoms with Gasteiger partial charge in [0.1, 0.15) is 0 Å². The largest absolute Gasteiger partial charge is 0.335 e. The van der Waals surface area contributed by atoms with Gasteiger partial charge in [-0.05, 0) is 47.0 Å². The van der Waals surface area contributed by atoms with Crippen molar-refractivity contribution in [2.24, 2.45) is 11.5 Å². The minimum absolute atomic E-state index is 0.0253. The Kier molecular flexibility index (Phi) is 14.7. The fourth-order valence-electron chi connectivity index (χ4n) is 7.35. The summed E-state index contributed by atoms with van der Waals surface area (Å²) in [5, 5.41) is 3.88. The predicted octanol–water partition coefficient (Wildman–Crippen LogP) is 5.85. The zero-order valence-electron chi connectivity index (χ0n) is 31.4. The third-order valence-electron chi connectivity index (χ3n) is 10.2. The molecule has 2 aliphatic rings. The van der Waals surface area contributed by atoms with E-state index in [2.05, 4.69) is 6.92 Å². The lowest BCUT2D eigenvalue weighted by molar-refractivity contribution is -0.137. The summed E-state index contributed by atoms with van der Waals surface area (Å²) in [4.78, 5) is 61.9. The van der Waals surface area contributed by atoms with Gasteiger partial charge in [-0.3, -0.25) is 19.2 Å². The number of piperazine rings is 2. The average Bonchev–Trinajstić information content (AvgIpc) is 3.22. The van der Waals surface area contributed by atoms with Gasteiger partial charge in [-0.1, -0.05) is 123 Å². The molecule has 0 bridgehead atoms.